The number of H-pyrrole nitrogens is 1. The first-order valence-electron chi connectivity index (χ1n) is 4.25. The van der Waals surface area contributed by atoms with Crippen molar-refractivity contribution in [2.24, 2.45) is 0 Å². The minimum Gasteiger partial charge on any atom is -0.266 e. The van der Waals surface area contributed by atoms with Gasteiger partial charge in [-0.3, -0.25) is 9.82 Å². The molecule has 0 aliphatic rings. The second-order valence-electron chi connectivity index (χ2n) is 3.30. The summed E-state index contributed by atoms with van der Waals surface area (Å²) in [4.78, 5) is 4.17. The summed E-state index contributed by atoms with van der Waals surface area (Å²) in [5.74, 6) is 0.278. The lowest BCUT2D eigenvalue weighted by molar-refractivity contribution is 0.606. The molecule has 2 rings (SSSR count). The van der Waals surface area contributed by atoms with Crippen molar-refractivity contribution < 1.29 is 8.42 Å². The number of pyridine rings is 1. The van der Waals surface area contributed by atoms with Gasteiger partial charge in [-0.25, -0.2) is 13.4 Å². The summed E-state index contributed by atoms with van der Waals surface area (Å²) in [5, 5.41) is 7.17. The summed E-state index contributed by atoms with van der Waals surface area (Å²) in [7, 11) is -3.31. The van der Waals surface area contributed by atoms with Crippen LogP contribution in [0, 0.1) is 6.92 Å². The average molecular weight is 226 g/mol. The fourth-order valence-electron chi connectivity index (χ4n) is 1.26. The van der Waals surface area contributed by atoms with Crippen molar-refractivity contribution in [3.05, 3.63) is 17.8 Å². The molecule has 0 unspecified atom stereocenters. The SMILES string of the molecule is Cc1ccc2c(NS(C)(=O)=O)n[nH]c2n1. The third-order valence-corrected chi connectivity index (χ3v) is 2.41. The number of nitrogens with one attached hydrogen (secondary N) is 2. The van der Waals surface area contributed by atoms with Crippen molar-refractivity contribution >= 4 is 26.9 Å². The molecule has 2 aromatic rings. The zero-order valence-corrected chi connectivity index (χ0v) is 9.09. The molecule has 0 saturated carbocycles. The van der Waals surface area contributed by atoms with E-state index < -0.39 is 10.0 Å². The number of aryl methyl sites for hydroxylation is 1. The molecular weight excluding hydrogens is 216 g/mol. The van der Waals surface area contributed by atoms with E-state index in [4.69, 9.17) is 0 Å². The number of aromatic amines is 1. The number of hydrogen-bond donors (Lipinski definition) is 2. The molecule has 2 aromatic heterocycles. The van der Waals surface area contributed by atoms with Crippen molar-refractivity contribution in [3.63, 3.8) is 0 Å². The maximum absolute atomic E-state index is 11.0. The lowest BCUT2D eigenvalue weighted by Gasteiger charge is -1.98. The molecule has 0 atom stereocenters. The second kappa shape index (κ2) is 3.20. The van der Waals surface area contributed by atoms with E-state index in [1.807, 2.05) is 6.92 Å². The molecule has 80 valence electrons. The Morgan fingerprint density at radius 2 is 2.13 bits per heavy atom. The molecular formula is C8H10N4O2S. The van der Waals surface area contributed by atoms with Crippen molar-refractivity contribution in [1.29, 1.82) is 0 Å². The highest BCUT2D eigenvalue weighted by Crippen LogP contribution is 2.19. The van der Waals surface area contributed by atoms with Crippen molar-refractivity contribution in [2.75, 3.05) is 11.0 Å². The Morgan fingerprint density at radius 3 is 2.80 bits per heavy atom. The van der Waals surface area contributed by atoms with Gasteiger partial charge < -0.3 is 0 Å². The number of hydrogen-bond acceptors (Lipinski definition) is 4. The van der Waals surface area contributed by atoms with Crippen molar-refractivity contribution in [1.82, 2.24) is 15.2 Å². The van der Waals surface area contributed by atoms with Gasteiger partial charge in [0.1, 0.15) is 0 Å². The molecule has 2 heterocycles. The summed E-state index contributed by atoms with van der Waals surface area (Å²) in [5.41, 5.74) is 1.42. The van der Waals surface area contributed by atoms with Crippen LogP contribution in [0.2, 0.25) is 0 Å². The van der Waals surface area contributed by atoms with Crippen LogP contribution in [0.15, 0.2) is 12.1 Å². The topological polar surface area (TPSA) is 87.7 Å². The van der Waals surface area contributed by atoms with E-state index in [-0.39, 0.29) is 5.82 Å². The summed E-state index contributed by atoms with van der Waals surface area (Å²) in [6, 6.07) is 3.57. The van der Waals surface area contributed by atoms with E-state index in [9.17, 15) is 8.42 Å². The highest BCUT2D eigenvalue weighted by molar-refractivity contribution is 7.92. The Kier molecular flexibility index (Phi) is 2.11. The summed E-state index contributed by atoms with van der Waals surface area (Å²) >= 11 is 0. The zero-order valence-electron chi connectivity index (χ0n) is 8.27. The normalized spacial score (nSPS) is 11.9. The van der Waals surface area contributed by atoms with E-state index in [0.717, 1.165) is 11.9 Å². The highest BCUT2D eigenvalue weighted by atomic mass is 32.2. The fraction of sp³-hybridized carbons (Fsp3) is 0.250. The first-order chi connectivity index (χ1) is 6.96. The molecule has 15 heavy (non-hydrogen) atoms. The number of nitrogens with zero attached hydrogens (tertiary/aromatic N) is 2. The van der Waals surface area contributed by atoms with Gasteiger partial charge in [0.15, 0.2) is 11.5 Å². The van der Waals surface area contributed by atoms with Crippen LogP contribution in [-0.4, -0.2) is 29.9 Å². The number of anilines is 1. The highest BCUT2D eigenvalue weighted by Gasteiger charge is 2.10. The molecule has 7 heteroatoms. The molecule has 0 spiro atoms. The lowest BCUT2D eigenvalue weighted by Crippen LogP contribution is -2.09. The van der Waals surface area contributed by atoms with E-state index in [1.54, 1.807) is 12.1 Å². The van der Waals surface area contributed by atoms with Gasteiger partial charge in [0.2, 0.25) is 10.0 Å². The van der Waals surface area contributed by atoms with Crippen molar-refractivity contribution in [3.8, 4) is 0 Å². The van der Waals surface area contributed by atoms with E-state index in [2.05, 4.69) is 19.9 Å². The van der Waals surface area contributed by atoms with Gasteiger partial charge in [-0.05, 0) is 19.1 Å². The summed E-state index contributed by atoms with van der Waals surface area (Å²) in [6.07, 6.45) is 1.08. The van der Waals surface area contributed by atoms with Gasteiger partial charge in [-0.15, -0.1) is 0 Å². The van der Waals surface area contributed by atoms with Crippen LogP contribution in [0.5, 0.6) is 0 Å². The molecule has 0 saturated heterocycles. The number of aromatic nitrogens is 3. The van der Waals surface area contributed by atoms with Crippen LogP contribution in [0.25, 0.3) is 11.0 Å². The first-order valence-corrected chi connectivity index (χ1v) is 6.14. The molecule has 0 bridgehead atoms. The average Bonchev–Trinajstić information content (AvgIpc) is 2.45. The van der Waals surface area contributed by atoms with E-state index >= 15 is 0 Å². The van der Waals surface area contributed by atoms with Gasteiger partial charge in [-0.1, -0.05) is 0 Å². The quantitative estimate of drug-likeness (QED) is 0.786. The van der Waals surface area contributed by atoms with Crippen LogP contribution in [0.3, 0.4) is 0 Å². The smallest absolute Gasteiger partial charge is 0.231 e. The van der Waals surface area contributed by atoms with Crippen LogP contribution in [0.1, 0.15) is 5.69 Å². The molecule has 0 amide bonds. The Bertz CT molecular complexity index is 602. The summed E-state index contributed by atoms with van der Waals surface area (Å²) in [6.45, 7) is 1.85. The third kappa shape index (κ3) is 2.07. The van der Waals surface area contributed by atoms with E-state index in [1.165, 1.54) is 0 Å². The van der Waals surface area contributed by atoms with Gasteiger partial charge in [0, 0.05) is 5.69 Å². The van der Waals surface area contributed by atoms with Gasteiger partial charge >= 0.3 is 0 Å². The number of sulfonamides is 1. The largest absolute Gasteiger partial charge is 0.266 e. The molecule has 0 aliphatic carbocycles. The standard InChI is InChI=1S/C8H10N4O2S/c1-5-3-4-6-7(9-5)10-11-8(6)12-15(2,13)14/h3-4H,1-2H3,(H2,9,10,11,12). The number of rotatable bonds is 2. The predicted molar refractivity (Wildman–Crippen MR) is 57.1 cm³/mol. The first kappa shape index (κ1) is 9.91. The molecule has 0 aromatic carbocycles. The molecule has 0 aliphatic heterocycles. The maximum Gasteiger partial charge on any atom is 0.231 e. The zero-order chi connectivity index (χ0) is 11.1. The van der Waals surface area contributed by atoms with Gasteiger partial charge in [0.05, 0.1) is 11.6 Å². The van der Waals surface area contributed by atoms with Crippen molar-refractivity contribution in [2.45, 2.75) is 6.92 Å². The van der Waals surface area contributed by atoms with Crippen LogP contribution >= 0.6 is 0 Å². The Labute approximate surface area is 86.8 Å². The Balaban J connectivity index is 2.55. The van der Waals surface area contributed by atoms with Gasteiger partial charge in [-0.2, -0.15) is 5.10 Å². The number of fused-ring (bicyclic) bond motifs is 1. The lowest BCUT2D eigenvalue weighted by atomic mass is 10.3. The van der Waals surface area contributed by atoms with Gasteiger partial charge in [0.25, 0.3) is 0 Å². The minimum absolute atomic E-state index is 0.278. The summed E-state index contributed by atoms with van der Waals surface area (Å²) < 4.78 is 24.4. The second-order valence-corrected chi connectivity index (χ2v) is 5.04. The maximum atomic E-state index is 11.0. The molecule has 0 radical (unpaired) electrons. The fourth-order valence-corrected chi connectivity index (χ4v) is 1.76. The van der Waals surface area contributed by atoms with Crippen LogP contribution in [-0.2, 0) is 10.0 Å². The molecule has 0 fully saturated rings. The predicted octanol–water partition coefficient (Wildman–Crippen LogP) is 0.638. The monoisotopic (exact) mass is 226 g/mol. The third-order valence-electron chi connectivity index (χ3n) is 1.85. The molecule has 6 nitrogen and oxygen atoms in total. The van der Waals surface area contributed by atoms with Crippen LogP contribution < -0.4 is 4.72 Å². The van der Waals surface area contributed by atoms with Crippen LogP contribution in [0.4, 0.5) is 5.82 Å². The minimum atomic E-state index is -3.31. The Morgan fingerprint density at radius 1 is 1.40 bits per heavy atom. The van der Waals surface area contributed by atoms with E-state index in [0.29, 0.717) is 11.0 Å². The Hall–Kier alpha value is -1.63. The molecule has 2 N–H and O–H groups in total.